The number of aromatic nitrogens is 3. The first-order chi connectivity index (χ1) is 24.3. The highest BCUT2D eigenvalue weighted by Gasteiger charge is 2.34. The lowest BCUT2D eigenvalue weighted by atomic mass is 10.1. The molecule has 3 amide bonds. The van der Waals surface area contributed by atoms with Gasteiger partial charge in [0.05, 0.1) is 22.5 Å². The Morgan fingerprint density at radius 1 is 1.14 bits per heavy atom. The summed E-state index contributed by atoms with van der Waals surface area (Å²) in [4.78, 5) is 48.7. The molecule has 5 rings (SSSR count). The number of likely N-dealkylation sites (tertiary alicyclic amines) is 2. The predicted molar refractivity (Wildman–Crippen MR) is 158 cm³/mol. The molecule has 0 spiro atoms. The number of nitrogens with zero attached hydrogens (tertiary/aromatic N) is 5. The molecule has 0 unspecified atom stereocenters. The Hall–Kier alpha value is -3.87. The van der Waals surface area contributed by atoms with Crippen molar-refractivity contribution >= 4 is 46.3 Å². The van der Waals surface area contributed by atoms with E-state index in [1.165, 1.54) is 6.92 Å². The molecule has 10 nitrogen and oxygen atoms in total. The average molecular weight is 643 g/mol. The highest BCUT2D eigenvalue weighted by atomic mass is 35.5. The number of nitrogens with one attached hydrogen (secondary N) is 1. The molecule has 1 atom stereocenters. The van der Waals surface area contributed by atoms with Gasteiger partial charge in [-0.1, -0.05) is 6.04 Å². The first-order valence-corrected chi connectivity index (χ1v) is 14.5. The van der Waals surface area contributed by atoms with Crippen molar-refractivity contribution in [2.75, 3.05) is 37.3 Å². The van der Waals surface area contributed by atoms with Crippen LogP contribution >= 0.6 is 11.6 Å². The molecule has 2 aliphatic rings. The van der Waals surface area contributed by atoms with Crippen LogP contribution in [0.15, 0.2) is 36.4 Å². The van der Waals surface area contributed by atoms with Gasteiger partial charge in [-0.05, 0) is 43.4 Å². The monoisotopic (exact) mass is 642 g/mol. The average Bonchev–Trinajstić information content (AvgIpc) is 3.34. The van der Waals surface area contributed by atoms with Crippen molar-refractivity contribution in [1.82, 2.24) is 24.3 Å². The highest BCUT2D eigenvalue weighted by molar-refractivity contribution is 6.18. The number of ether oxygens (including phenoxy) is 1. The third kappa shape index (κ3) is 7.09. The minimum atomic E-state index is -5.26. The van der Waals surface area contributed by atoms with Crippen LogP contribution in [0.2, 0.25) is 0 Å². The smallest absolute Gasteiger partial charge is 0.433 e. The minimum Gasteiger partial charge on any atom is -0.488 e. The Balaban J connectivity index is 1.75. The lowest BCUT2D eigenvalue weighted by Gasteiger charge is -2.32. The van der Waals surface area contributed by atoms with Crippen LogP contribution in [0, 0.1) is 0 Å². The molecule has 1 N–H and O–H groups in total. The first-order valence-electron chi connectivity index (χ1n) is 18.0. The van der Waals surface area contributed by atoms with Crippen LogP contribution in [-0.4, -0.2) is 80.2 Å². The standard InChI is InChI=1S/C30H34ClF3N6O4/c1-19(41)38-15-10-22(11-16-38)44-24-7-4-6-23-27(24)40(21-5-2-3-14-39(18-21)26(42)8-12-31)29(36-23)37-28(43)20-9-13-35-25(17-20)30(32,33)34/h4,6-7,9,13,17,21-22H,2-3,5,8,10-12,14-16,18H2,1H3,(H,36,37,43)/t21-/m1/s1/i4D,6D,7D,9D,13D,17D,18D2. The van der Waals surface area contributed by atoms with Gasteiger partial charge in [-0.25, -0.2) is 4.98 Å². The summed E-state index contributed by atoms with van der Waals surface area (Å²) in [7, 11) is 0. The van der Waals surface area contributed by atoms with Gasteiger partial charge in [0.1, 0.15) is 23.1 Å². The molecular formula is C30H34ClF3N6O4. The van der Waals surface area contributed by atoms with Crippen LogP contribution in [0.3, 0.4) is 0 Å². The van der Waals surface area contributed by atoms with Crippen molar-refractivity contribution in [3.8, 4) is 5.75 Å². The van der Waals surface area contributed by atoms with Crippen molar-refractivity contribution in [2.24, 2.45) is 0 Å². The van der Waals surface area contributed by atoms with E-state index in [0.717, 1.165) is 9.47 Å². The van der Waals surface area contributed by atoms with Crippen LogP contribution in [-0.2, 0) is 15.8 Å². The Kier molecular flexibility index (Phi) is 6.89. The van der Waals surface area contributed by atoms with Crippen molar-refractivity contribution < 1.29 is 43.3 Å². The maximum absolute atomic E-state index is 13.8. The van der Waals surface area contributed by atoms with E-state index >= 15 is 0 Å². The van der Waals surface area contributed by atoms with Crippen LogP contribution in [0.1, 0.15) is 78.5 Å². The molecule has 236 valence electrons. The first kappa shape index (κ1) is 22.6. The molecule has 0 bridgehead atoms. The number of fused-ring (bicyclic) bond motifs is 1. The zero-order valence-corrected chi connectivity index (χ0v) is 24.4. The fourth-order valence-electron chi connectivity index (χ4n) is 5.12. The molecule has 1 aromatic carbocycles. The minimum absolute atomic E-state index is 0.0240. The maximum atomic E-state index is 13.8. The highest BCUT2D eigenvalue weighted by Crippen LogP contribution is 2.36. The van der Waals surface area contributed by atoms with E-state index in [-0.39, 0.29) is 48.0 Å². The summed E-state index contributed by atoms with van der Waals surface area (Å²) in [6.45, 7) is -0.575. The second kappa shape index (κ2) is 13.4. The number of hydrogen-bond acceptors (Lipinski definition) is 6. The second-order valence-corrected chi connectivity index (χ2v) is 10.7. The molecule has 2 aliphatic heterocycles. The van der Waals surface area contributed by atoms with Gasteiger partial charge in [0.2, 0.25) is 17.8 Å². The number of benzene rings is 1. The van der Waals surface area contributed by atoms with Gasteiger partial charge < -0.3 is 19.1 Å². The van der Waals surface area contributed by atoms with Crippen molar-refractivity contribution in [3.05, 3.63) is 47.6 Å². The summed E-state index contributed by atoms with van der Waals surface area (Å²) in [5.74, 6) is -3.34. The summed E-state index contributed by atoms with van der Waals surface area (Å²) in [5, 5.41) is 2.24. The van der Waals surface area contributed by atoms with Crippen LogP contribution < -0.4 is 10.1 Å². The summed E-state index contributed by atoms with van der Waals surface area (Å²) >= 11 is 5.82. The quantitative estimate of drug-likeness (QED) is 0.352. The van der Waals surface area contributed by atoms with Gasteiger partial charge in [-0.3, -0.25) is 24.7 Å². The number of pyridine rings is 1. The van der Waals surface area contributed by atoms with E-state index in [9.17, 15) is 30.3 Å². The number of piperidine rings is 1. The van der Waals surface area contributed by atoms with Gasteiger partial charge in [0.15, 0.2) is 0 Å². The van der Waals surface area contributed by atoms with Crippen molar-refractivity contribution in [3.63, 3.8) is 0 Å². The second-order valence-electron chi connectivity index (χ2n) is 10.3. The SMILES string of the molecule is [2H]c1nc(C(F)(F)F)c([2H])c(C(=O)Nc2nc3c([2H])c([2H])c([2H])c(OC4CCN(C(C)=O)CC4)c3n2[C@@H]2CCCCN(C(=O)CCCl)C2([2H])[2H])c1[2H]. The molecule has 0 saturated carbocycles. The van der Waals surface area contributed by atoms with E-state index in [4.69, 9.17) is 24.6 Å². The molecule has 0 radical (unpaired) electrons. The topological polar surface area (TPSA) is 110 Å². The number of imidazole rings is 1. The number of carbonyl (C=O) groups excluding carboxylic acids is 3. The van der Waals surface area contributed by atoms with E-state index in [1.807, 2.05) is 0 Å². The molecule has 2 saturated heterocycles. The molecule has 44 heavy (non-hydrogen) atoms. The summed E-state index contributed by atoms with van der Waals surface area (Å²) < 4.78 is 117. The Morgan fingerprint density at radius 3 is 2.61 bits per heavy atom. The number of amides is 3. The molecule has 0 aliphatic carbocycles. The Labute approximate surface area is 268 Å². The third-order valence-electron chi connectivity index (χ3n) is 7.30. The summed E-state index contributed by atoms with van der Waals surface area (Å²) in [6.07, 6.45) is -6.12. The van der Waals surface area contributed by atoms with Crippen LogP contribution in [0.5, 0.6) is 5.75 Å². The zero-order valence-electron chi connectivity index (χ0n) is 31.6. The van der Waals surface area contributed by atoms with E-state index < -0.39 is 90.2 Å². The molecule has 2 fully saturated rings. The molecule has 2 aromatic heterocycles. The molecule has 14 heteroatoms. The predicted octanol–water partition coefficient (Wildman–Crippen LogP) is 5.27. The Morgan fingerprint density at radius 2 is 1.91 bits per heavy atom. The lowest BCUT2D eigenvalue weighted by molar-refractivity contribution is -0.141. The normalized spacial score (nSPS) is 22.0. The van der Waals surface area contributed by atoms with Gasteiger partial charge in [-0.2, -0.15) is 13.2 Å². The van der Waals surface area contributed by atoms with Gasteiger partial charge in [0.25, 0.3) is 5.91 Å². The maximum Gasteiger partial charge on any atom is 0.433 e. The summed E-state index contributed by atoms with van der Waals surface area (Å²) in [5.41, 5.74) is -3.65. The molecular weight excluding hydrogens is 601 g/mol. The number of alkyl halides is 4. The number of carbonyl (C=O) groups is 3. The number of hydrogen-bond donors (Lipinski definition) is 1. The molecule has 4 heterocycles. The van der Waals surface area contributed by atoms with Crippen molar-refractivity contribution in [1.29, 1.82) is 0 Å². The van der Waals surface area contributed by atoms with Gasteiger partial charge in [-0.15, -0.1) is 11.6 Å². The number of halogens is 4. The van der Waals surface area contributed by atoms with Crippen molar-refractivity contribution in [2.45, 2.75) is 63.8 Å². The lowest BCUT2D eigenvalue weighted by Crippen LogP contribution is -2.40. The van der Waals surface area contributed by atoms with E-state index in [0.29, 0.717) is 38.8 Å². The van der Waals surface area contributed by atoms with Crippen LogP contribution in [0.25, 0.3) is 11.0 Å². The third-order valence-corrected chi connectivity index (χ3v) is 7.49. The fraction of sp³-hybridized carbons (Fsp3) is 0.500. The van der Waals surface area contributed by atoms with Gasteiger partial charge >= 0.3 is 6.18 Å². The fourth-order valence-corrected chi connectivity index (χ4v) is 5.28. The Bertz CT molecular complexity index is 1930. The molecule has 3 aromatic rings. The number of rotatable bonds is 7. The number of anilines is 1. The van der Waals surface area contributed by atoms with Crippen LogP contribution in [0.4, 0.5) is 19.1 Å². The van der Waals surface area contributed by atoms with E-state index in [1.54, 1.807) is 4.90 Å². The summed E-state index contributed by atoms with van der Waals surface area (Å²) in [6, 6.07) is -5.91. The van der Waals surface area contributed by atoms with E-state index in [2.05, 4.69) is 15.3 Å². The zero-order chi connectivity index (χ0) is 38.4. The number of para-hydroxylation sites is 1. The largest absolute Gasteiger partial charge is 0.488 e. The van der Waals surface area contributed by atoms with Gasteiger partial charge in [0, 0.05) is 69.9 Å².